The second-order valence-corrected chi connectivity index (χ2v) is 7.17. The quantitative estimate of drug-likeness (QED) is 0.202. The Labute approximate surface area is 175 Å². The molecule has 1 aromatic carbocycles. The maximum atomic E-state index is 13.0. The van der Waals surface area contributed by atoms with Gasteiger partial charge >= 0.3 is 5.97 Å². The second kappa shape index (κ2) is 12.1. The molecule has 0 bridgehead atoms. The Bertz CT molecular complexity index is 740. The lowest BCUT2D eigenvalue weighted by molar-refractivity contribution is -0.162. The molecule has 0 aliphatic carbocycles. The van der Waals surface area contributed by atoms with Crippen LogP contribution in [0.1, 0.15) is 31.7 Å². The highest BCUT2D eigenvalue weighted by molar-refractivity contribution is 6.13. The SMILES string of the molecule is CC(N)C(=O)N(C(=O)C(N)Cc1ccccc1)C(C(=O)O)C(=O)C(N)CCCCN. The Morgan fingerprint density at radius 3 is 2.07 bits per heavy atom. The number of carboxylic acid groups (broad SMARTS) is 1. The fraction of sp³-hybridized carbons (Fsp3) is 0.500. The van der Waals surface area contributed by atoms with E-state index in [0.717, 1.165) is 0 Å². The van der Waals surface area contributed by atoms with E-state index in [-0.39, 0.29) is 12.8 Å². The lowest BCUT2D eigenvalue weighted by Gasteiger charge is -2.31. The van der Waals surface area contributed by atoms with E-state index in [1.165, 1.54) is 6.92 Å². The van der Waals surface area contributed by atoms with Crippen LogP contribution in [0.25, 0.3) is 0 Å². The first kappa shape index (κ1) is 25.4. The van der Waals surface area contributed by atoms with Gasteiger partial charge in [0.15, 0.2) is 11.8 Å². The van der Waals surface area contributed by atoms with Gasteiger partial charge in [0, 0.05) is 0 Å². The summed E-state index contributed by atoms with van der Waals surface area (Å²) >= 11 is 0. The van der Waals surface area contributed by atoms with Crippen molar-refractivity contribution in [3.05, 3.63) is 35.9 Å². The van der Waals surface area contributed by atoms with E-state index in [1.54, 1.807) is 30.3 Å². The third-order valence-electron chi connectivity index (χ3n) is 4.58. The summed E-state index contributed by atoms with van der Waals surface area (Å²) < 4.78 is 0. The van der Waals surface area contributed by atoms with E-state index in [1.807, 2.05) is 0 Å². The molecule has 0 saturated carbocycles. The van der Waals surface area contributed by atoms with Crippen molar-refractivity contribution >= 4 is 23.6 Å². The number of carbonyl (C=O) groups is 4. The van der Waals surface area contributed by atoms with E-state index >= 15 is 0 Å². The van der Waals surface area contributed by atoms with Crippen LogP contribution < -0.4 is 22.9 Å². The minimum absolute atomic E-state index is 0.0471. The van der Waals surface area contributed by atoms with E-state index in [9.17, 15) is 24.3 Å². The molecule has 9 N–H and O–H groups in total. The number of carboxylic acids is 1. The predicted octanol–water partition coefficient (Wildman–Crippen LogP) is -1.26. The zero-order valence-corrected chi connectivity index (χ0v) is 17.1. The number of unbranched alkanes of at least 4 members (excludes halogenated alkanes) is 1. The number of carbonyl (C=O) groups excluding carboxylic acids is 3. The van der Waals surface area contributed by atoms with E-state index in [0.29, 0.717) is 29.8 Å². The van der Waals surface area contributed by atoms with Gasteiger partial charge in [-0.15, -0.1) is 0 Å². The third kappa shape index (κ3) is 6.99. The van der Waals surface area contributed by atoms with Crippen molar-refractivity contribution in [1.82, 2.24) is 4.90 Å². The molecular weight excluding hydrogens is 390 g/mol. The molecule has 0 fully saturated rings. The van der Waals surface area contributed by atoms with Gasteiger partial charge in [-0.05, 0) is 38.3 Å². The molecule has 1 aromatic rings. The smallest absolute Gasteiger partial charge is 0.334 e. The lowest BCUT2D eigenvalue weighted by atomic mass is 9.97. The molecule has 2 amide bonds. The van der Waals surface area contributed by atoms with Gasteiger partial charge in [-0.25, -0.2) is 4.79 Å². The first-order valence-corrected chi connectivity index (χ1v) is 9.76. The number of amides is 2. The van der Waals surface area contributed by atoms with Gasteiger partial charge in [-0.3, -0.25) is 19.3 Å². The lowest BCUT2D eigenvalue weighted by Crippen LogP contribution is -2.62. The van der Waals surface area contributed by atoms with Crippen molar-refractivity contribution in [3.63, 3.8) is 0 Å². The van der Waals surface area contributed by atoms with Gasteiger partial charge in [0.2, 0.25) is 11.8 Å². The van der Waals surface area contributed by atoms with Gasteiger partial charge in [0.25, 0.3) is 0 Å². The Kier molecular flexibility index (Phi) is 10.3. The summed E-state index contributed by atoms with van der Waals surface area (Å²) in [5.74, 6) is -4.66. The summed E-state index contributed by atoms with van der Waals surface area (Å²) in [4.78, 5) is 50.6. The van der Waals surface area contributed by atoms with Crippen LogP contribution in [-0.4, -0.2) is 64.3 Å². The highest BCUT2D eigenvalue weighted by atomic mass is 16.4. The molecule has 0 aliphatic rings. The molecular formula is C20H31N5O5. The minimum Gasteiger partial charge on any atom is -0.479 e. The maximum absolute atomic E-state index is 13.0. The van der Waals surface area contributed by atoms with Crippen molar-refractivity contribution in [3.8, 4) is 0 Å². The highest BCUT2D eigenvalue weighted by Crippen LogP contribution is 2.13. The Balaban J connectivity index is 3.18. The molecule has 30 heavy (non-hydrogen) atoms. The Hall–Kier alpha value is -2.66. The standard InChI is InChI=1S/C20H31N5O5/c1-12(22)18(27)25(19(28)15(24)11-13-7-3-2-4-8-13)16(20(29)30)17(26)14(23)9-5-6-10-21/h2-4,7-8,12,14-16H,5-6,9-11,21-24H2,1H3,(H,29,30). The fourth-order valence-corrected chi connectivity index (χ4v) is 2.93. The number of ketones is 1. The van der Waals surface area contributed by atoms with Gasteiger partial charge in [0.1, 0.15) is 0 Å². The molecule has 10 heteroatoms. The van der Waals surface area contributed by atoms with Crippen LogP contribution in [0.15, 0.2) is 30.3 Å². The average Bonchev–Trinajstić information content (AvgIpc) is 2.70. The zero-order chi connectivity index (χ0) is 22.8. The summed E-state index contributed by atoms with van der Waals surface area (Å²) in [7, 11) is 0. The molecule has 166 valence electrons. The Morgan fingerprint density at radius 2 is 1.57 bits per heavy atom. The summed E-state index contributed by atoms with van der Waals surface area (Å²) in [5.41, 5.74) is 23.5. The van der Waals surface area contributed by atoms with Crippen LogP contribution in [-0.2, 0) is 25.6 Å². The molecule has 0 saturated heterocycles. The number of hydrogen-bond donors (Lipinski definition) is 5. The molecule has 0 aliphatic heterocycles. The van der Waals surface area contributed by atoms with Gasteiger partial charge in [-0.1, -0.05) is 36.8 Å². The molecule has 10 nitrogen and oxygen atoms in total. The van der Waals surface area contributed by atoms with Crippen molar-refractivity contribution in [2.45, 2.75) is 56.8 Å². The van der Waals surface area contributed by atoms with Crippen LogP contribution in [0.3, 0.4) is 0 Å². The van der Waals surface area contributed by atoms with Crippen LogP contribution in [0.4, 0.5) is 0 Å². The molecule has 1 rings (SSSR count). The van der Waals surface area contributed by atoms with Gasteiger partial charge < -0.3 is 28.0 Å². The van der Waals surface area contributed by atoms with Crippen molar-refractivity contribution in [1.29, 1.82) is 0 Å². The summed E-state index contributed by atoms with van der Waals surface area (Å²) in [6, 6.07) is 3.00. The molecule has 0 aromatic heterocycles. The molecule has 0 spiro atoms. The molecule has 4 unspecified atom stereocenters. The minimum atomic E-state index is -2.11. The number of aliphatic carboxylic acids is 1. The van der Waals surface area contributed by atoms with Crippen LogP contribution in [0.2, 0.25) is 0 Å². The number of imide groups is 1. The molecule has 0 heterocycles. The Morgan fingerprint density at radius 1 is 0.967 bits per heavy atom. The van der Waals surface area contributed by atoms with Crippen molar-refractivity contribution in [2.75, 3.05) is 6.54 Å². The summed E-state index contributed by atoms with van der Waals surface area (Å²) in [6.45, 7) is 1.68. The first-order valence-electron chi connectivity index (χ1n) is 9.76. The van der Waals surface area contributed by atoms with E-state index in [4.69, 9.17) is 22.9 Å². The second-order valence-electron chi connectivity index (χ2n) is 7.17. The number of hydrogen-bond acceptors (Lipinski definition) is 8. The van der Waals surface area contributed by atoms with Crippen molar-refractivity contribution < 1.29 is 24.3 Å². The zero-order valence-electron chi connectivity index (χ0n) is 17.1. The number of nitrogens with zero attached hydrogens (tertiary/aromatic N) is 1. The van der Waals surface area contributed by atoms with Crippen LogP contribution in [0, 0.1) is 0 Å². The largest absolute Gasteiger partial charge is 0.479 e. The number of nitrogens with two attached hydrogens (primary N) is 4. The first-order chi connectivity index (χ1) is 14.1. The van der Waals surface area contributed by atoms with Gasteiger partial charge in [0.05, 0.1) is 18.1 Å². The molecule has 4 atom stereocenters. The monoisotopic (exact) mass is 421 g/mol. The van der Waals surface area contributed by atoms with E-state index in [2.05, 4.69) is 0 Å². The van der Waals surface area contributed by atoms with Gasteiger partial charge in [-0.2, -0.15) is 0 Å². The summed E-state index contributed by atoms with van der Waals surface area (Å²) in [5, 5.41) is 9.66. The van der Waals surface area contributed by atoms with Crippen molar-refractivity contribution in [2.24, 2.45) is 22.9 Å². The third-order valence-corrected chi connectivity index (χ3v) is 4.58. The van der Waals surface area contributed by atoms with E-state index < -0.39 is 47.7 Å². The number of Topliss-reactive ketones (excluding diaryl/α,β-unsaturated/α-hetero) is 1. The maximum Gasteiger partial charge on any atom is 0.334 e. The van der Waals surface area contributed by atoms with Crippen LogP contribution >= 0.6 is 0 Å². The fourth-order valence-electron chi connectivity index (χ4n) is 2.93. The average molecular weight is 421 g/mol. The predicted molar refractivity (Wildman–Crippen MR) is 111 cm³/mol. The normalized spacial score (nSPS) is 15.0. The number of benzene rings is 1. The summed E-state index contributed by atoms with van der Waals surface area (Å²) in [6.07, 6.45) is 1.32. The van der Waals surface area contributed by atoms with Crippen LogP contribution in [0.5, 0.6) is 0 Å². The molecule has 0 radical (unpaired) electrons. The topological polar surface area (TPSA) is 196 Å². The number of rotatable bonds is 12. The highest BCUT2D eigenvalue weighted by Gasteiger charge is 2.43.